The first-order valence-corrected chi connectivity index (χ1v) is 13.7. The van der Waals surface area contributed by atoms with E-state index in [2.05, 4.69) is 17.2 Å². The first kappa shape index (κ1) is 27.2. The molecule has 9 heteroatoms. The molecule has 0 aliphatic rings. The highest BCUT2D eigenvalue weighted by Gasteiger charge is 2.17. The van der Waals surface area contributed by atoms with Crippen molar-refractivity contribution in [2.45, 2.75) is 53.0 Å². The van der Waals surface area contributed by atoms with Crippen LogP contribution in [0.2, 0.25) is 0 Å². The molecule has 1 amide bonds. The lowest BCUT2D eigenvalue weighted by Crippen LogP contribution is -2.30. The van der Waals surface area contributed by atoms with Crippen molar-refractivity contribution in [3.05, 3.63) is 103 Å². The molecular weight excluding hydrogens is 493 g/mol. The SMILES string of the molecule is BC(=O)NC(=N)c1ccccc1-c1ccc(Cc2c(CCCC)nc(C)n(Cc3csc(C)n3)c2=O)cc1. The summed E-state index contributed by atoms with van der Waals surface area (Å²) in [7, 11) is 1.40. The van der Waals surface area contributed by atoms with E-state index in [1.54, 1.807) is 15.9 Å². The minimum atomic E-state index is -0.277. The molecule has 0 saturated carbocycles. The van der Waals surface area contributed by atoms with Crippen LogP contribution in [0.1, 0.15) is 58.7 Å². The Morgan fingerprint density at radius 2 is 1.84 bits per heavy atom. The van der Waals surface area contributed by atoms with Gasteiger partial charge in [0.15, 0.2) is 5.81 Å². The number of carbonyl (C=O) groups is 1. The Balaban J connectivity index is 1.66. The molecule has 38 heavy (non-hydrogen) atoms. The lowest BCUT2D eigenvalue weighted by atomic mass is 9.95. The van der Waals surface area contributed by atoms with Crippen molar-refractivity contribution in [2.75, 3.05) is 0 Å². The van der Waals surface area contributed by atoms with Crippen LogP contribution in [0.25, 0.3) is 11.1 Å². The zero-order chi connectivity index (χ0) is 27.2. The number of rotatable bonds is 9. The first-order chi connectivity index (χ1) is 18.3. The van der Waals surface area contributed by atoms with Crippen molar-refractivity contribution < 1.29 is 4.79 Å². The largest absolute Gasteiger partial charge is 0.320 e. The number of nitrogens with zero attached hydrogens (tertiary/aromatic N) is 3. The lowest BCUT2D eigenvalue weighted by molar-refractivity contribution is 0.263. The third-order valence-electron chi connectivity index (χ3n) is 6.44. The standard InChI is InChI=1S/C29H32BN5O2S/c1-4-5-10-26-25(28(36)35(18(2)32-26)16-22-17-38-19(3)33-22)15-20-11-13-21(14-12-20)23-8-6-7-9-24(23)27(31)34-29(30)37/h6-9,11-14,17H,4-5,10,15-16,30H2,1-3H3,(H2,31,34,37). The van der Waals surface area contributed by atoms with Gasteiger partial charge in [-0.2, -0.15) is 0 Å². The summed E-state index contributed by atoms with van der Waals surface area (Å²) >= 11 is 1.58. The van der Waals surface area contributed by atoms with Gasteiger partial charge in [0, 0.05) is 22.9 Å². The number of unbranched alkanes of at least 4 members (excludes halogenated alkanes) is 1. The number of thiazole rings is 1. The third kappa shape index (κ3) is 6.34. The van der Waals surface area contributed by atoms with E-state index in [4.69, 9.17) is 10.4 Å². The number of carbonyl (C=O) groups excluding carboxylic acids is 1. The van der Waals surface area contributed by atoms with E-state index in [9.17, 15) is 9.59 Å². The summed E-state index contributed by atoms with van der Waals surface area (Å²) in [6.07, 6.45) is 3.27. The summed E-state index contributed by atoms with van der Waals surface area (Å²) in [4.78, 5) is 34.6. The fourth-order valence-corrected chi connectivity index (χ4v) is 5.12. The second-order valence-corrected chi connectivity index (χ2v) is 10.5. The molecule has 0 saturated heterocycles. The molecule has 0 aliphatic carbocycles. The van der Waals surface area contributed by atoms with Gasteiger partial charge in [-0.1, -0.05) is 61.9 Å². The number of benzene rings is 2. The number of amides is 1. The molecule has 194 valence electrons. The van der Waals surface area contributed by atoms with Crippen LogP contribution in [-0.4, -0.2) is 34.0 Å². The topological polar surface area (TPSA) is 101 Å². The summed E-state index contributed by atoms with van der Waals surface area (Å²) in [6, 6.07) is 15.6. The number of hydrogen-bond donors (Lipinski definition) is 2. The van der Waals surface area contributed by atoms with Crippen LogP contribution in [0.4, 0.5) is 4.79 Å². The van der Waals surface area contributed by atoms with Crippen molar-refractivity contribution in [1.29, 1.82) is 5.41 Å². The van der Waals surface area contributed by atoms with E-state index < -0.39 is 0 Å². The molecule has 4 rings (SSSR count). The monoisotopic (exact) mass is 525 g/mol. The molecule has 7 nitrogen and oxygen atoms in total. The Kier molecular flexibility index (Phi) is 8.68. The average Bonchev–Trinajstić information content (AvgIpc) is 3.31. The second-order valence-electron chi connectivity index (χ2n) is 9.41. The van der Waals surface area contributed by atoms with Gasteiger partial charge in [0.05, 0.1) is 22.9 Å². The lowest BCUT2D eigenvalue weighted by Gasteiger charge is -2.15. The Morgan fingerprint density at radius 1 is 1.11 bits per heavy atom. The molecule has 2 heterocycles. The van der Waals surface area contributed by atoms with Gasteiger partial charge in [-0.3, -0.25) is 19.6 Å². The number of amidine groups is 1. The molecule has 0 aliphatic heterocycles. The molecule has 2 N–H and O–H groups in total. The normalized spacial score (nSPS) is 10.9. The number of nitrogens with one attached hydrogen (secondary N) is 2. The zero-order valence-electron chi connectivity index (χ0n) is 22.3. The van der Waals surface area contributed by atoms with Crippen molar-refractivity contribution in [3.8, 4) is 11.1 Å². The van der Waals surface area contributed by atoms with Gasteiger partial charge >= 0.3 is 0 Å². The molecule has 2 aromatic heterocycles. The van der Waals surface area contributed by atoms with Gasteiger partial charge in [-0.15, -0.1) is 11.3 Å². The summed E-state index contributed by atoms with van der Waals surface area (Å²) < 4.78 is 1.73. The predicted molar refractivity (Wildman–Crippen MR) is 156 cm³/mol. The Bertz CT molecular complexity index is 1520. The van der Waals surface area contributed by atoms with E-state index in [0.29, 0.717) is 24.4 Å². The Hall–Kier alpha value is -3.85. The maximum absolute atomic E-state index is 13.7. The summed E-state index contributed by atoms with van der Waals surface area (Å²) in [5.74, 6) is 0.504. The quantitative estimate of drug-likeness (QED) is 0.189. The van der Waals surface area contributed by atoms with Crippen LogP contribution in [0.3, 0.4) is 0 Å². The molecule has 0 radical (unpaired) electrons. The molecular formula is C29H32BN5O2S. The van der Waals surface area contributed by atoms with E-state index in [1.165, 1.54) is 7.85 Å². The fraction of sp³-hybridized carbons (Fsp3) is 0.276. The third-order valence-corrected chi connectivity index (χ3v) is 7.26. The minimum Gasteiger partial charge on any atom is -0.320 e. The average molecular weight is 525 g/mol. The van der Waals surface area contributed by atoms with Gasteiger partial charge in [0.1, 0.15) is 11.7 Å². The van der Waals surface area contributed by atoms with Gasteiger partial charge < -0.3 is 5.32 Å². The van der Waals surface area contributed by atoms with Gasteiger partial charge in [-0.05, 0) is 43.4 Å². The molecule has 0 bridgehead atoms. The number of aromatic nitrogens is 3. The first-order valence-electron chi connectivity index (χ1n) is 12.8. The van der Waals surface area contributed by atoms with Crippen LogP contribution < -0.4 is 10.9 Å². The van der Waals surface area contributed by atoms with Gasteiger partial charge in [0.2, 0.25) is 7.85 Å². The van der Waals surface area contributed by atoms with E-state index >= 15 is 0 Å². The molecule has 0 spiro atoms. The van der Waals surface area contributed by atoms with Crippen LogP contribution in [0.15, 0.2) is 58.7 Å². The highest BCUT2D eigenvalue weighted by Crippen LogP contribution is 2.25. The molecule has 2 aromatic carbocycles. The minimum absolute atomic E-state index is 0.00701. The summed E-state index contributed by atoms with van der Waals surface area (Å²) in [6.45, 7) is 6.41. The van der Waals surface area contributed by atoms with Gasteiger partial charge in [-0.25, -0.2) is 9.97 Å². The Labute approximate surface area is 227 Å². The van der Waals surface area contributed by atoms with Crippen LogP contribution >= 0.6 is 11.3 Å². The second kappa shape index (κ2) is 12.1. The number of aryl methyl sites for hydroxylation is 3. The van der Waals surface area contributed by atoms with E-state index in [0.717, 1.165) is 57.9 Å². The number of hydrogen-bond acceptors (Lipinski definition) is 6. The molecule has 4 aromatic rings. The summed E-state index contributed by atoms with van der Waals surface area (Å²) in [5.41, 5.74) is 5.94. The molecule has 0 atom stereocenters. The fourth-order valence-electron chi connectivity index (χ4n) is 4.52. The molecule has 0 unspecified atom stereocenters. The van der Waals surface area contributed by atoms with Gasteiger partial charge in [0.25, 0.3) is 5.56 Å². The smallest absolute Gasteiger partial charge is 0.257 e. The van der Waals surface area contributed by atoms with E-state index in [-0.39, 0.29) is 17.2 Å². The molecule has 0 fully saturated rings. The Morgan fingerprint density at radius 3 is 2.50 bits per heavy atom. The van der Waals surface area contributed by atoms with Crippen molar-refractivity contribution in [1.82, 2.24) is 19.9 Å². The zero-order valence-corrected chi connectivity index (χ0v) is 23.1. The van der Waals surface area contributed by atoms with Crippen LogP contribution in [0.5, 0.6) is 0 Å². The predicted octanol–water partition coefficient (Wildman–Crippen LogP) is 4.63. The highest BCUT2D eigenvalue weighted by molar-refractivity contribution is 7.09. The maximum Gasteiger partial charge on any atom is 0.257 e. The maximum atomic E-state index is 13.7. The van der Waals surface area contributed by atoms with Crippen molar-refractivity contribution >= 4 is 30.8 Å². The van der Waals surface area contributed by atoms with Crippen molar-refractivity contribution in [2.24, 2.45) is 0 Å². The van der Waals surface area contributed by atoms with Crippen LogP contribution in [-0.2, 0) is 19.4 Å². The van der Waals surface area contributed by atoms with Crippen LogP contribution in [0, 0.1) is 19.3 Å². The van der Waals surface area contributed by atoms with E-state index in [1.807, 2.05) is 67.8 Å². The highest BCUT2D eigenvalue weighted by atomic mass is 32.1. The van der Waals surface area contributed by atoms with Crippen molar-refractivity contribution in [3.63, 3.8) is 0 Å². The summed E-state index contributed by atoms with van der Waals surface area (Å²) in [5, 5.41) is 13.8.